The molecule has 0 aliphatic rings. The first-order valence-electron chi connectivity index (χ1n) is 4.55. The van der Waals surface area contributed by atoms with Crippen molar-refractivity contribution in [2.45, 2.75) is 20.8 Å². The van der Waals surface area contributed by atoms with Crippen LogP contribution in [0.25, 0.3) is 0 Å². The van der Waals surface area contributed by atoms with E-state index in [4.69, 9.17) is 0 Å². The monoisotopic (exact) mass is 190 g/mol. The summed E-state index contributed by atoms with van der Waals surface area (Å²) >= 11 is 0. The molecule has 0 spiro atoms. The second-order valence-electron chi connectivity index (χ2n) is 4.32. The van der Waals surface area contributed by atoms with Crippen LogP contribution in [0.2, 0.25) is 0 Å². The quantitative estimate of drug-likeness (QED) is 0.530. The van der Waals surface area contributed by atoms with Crippen LogP contribution in [0.5, 0.6) is 0 Å². The second-order valence-corrected chi connectivity index (χ2v) is 4.32. The molecule has 14 heavy (non-hydrogen) atoms. The van der Waals surface area contributed by atoms with Crippen molar-refractivity contribution in [1.29, 1.82) is 0 Å². The minimum absolute atomic E-state index is 0.0567. The predicted molar refractivity (Wildman–Crippen MR) is 55.6 cm³/mol. The molecule has 0 fully saturated rings. The molecule has 0 saturated carbocycles. The third kappa shape index (κ3) is 2.28. The van der Waals surface area contributed by atoms with Crippen molar-refractivity contribution < 1.29 is 9.59 Å². The average molecular weight is 190 g/mol. The summed E-state index contributed by atoms with van der Waals surface area (Å²) in [4.78, 5) is 22.3. The molecule has 0 aliphatic heterocycles. The minimum atomic E-state index is -0.401. The fourth-order valence-electron chi connectivity index (χ4n) is 1.19. The molecule has 0 amide bonds. The standard InChI is InChI=1S/C12H14O2/c1-12(2,3)11(14)10-6-4-5-9(7-10)8-13/h4-8H,1-3H3. The molecule has 0 radical (unpaired) electrons. The van der Waals surface area contributed by atoms with Gasteiger partial charge in [-0.1, -0.05) is 39.0 Å². The zero-order chi connectivity index (χ0) is 10.8. The van der Waals surface area contributed by atoms with Crippen molar-refractivity contribution in [3.63, 3.8) is 0 Å². The van der Waals surface area contributed by atoms with Crippen LogP contribution in [0.15, 0.2) is 24.3 Å². The summed E-state index contributed by atoms with van der Waals surface area (Å²) in [6.07, 6.45) is 0.749. The van der Waals surface area contributed by atoms with Gasteiger partial charge in [-0.25, -0.2) is 0 Å². The van der Waals surface area contributed by atoms with E-state index in [-0.39, 0.29) is 5.78 Å². The first-order valence-corrected chi connectivity index (χ1v) is 4.55. The lowest BCUT2D eigenvalue weighted by molar-refractivity contribution is 0.0858. The summed E-state index contributed by atoms with van der Waals surface area (Å²) in [5.74, 6) is 0.0567. The molecule has 0 atom stereocenters. The Morgan fingerprint density at radius 2 is 1.93 bits per heavy atom. The summed E-state index contributed by atoms with van der Waals surface area (Å²) in [7, 11) is 0. The van der Waals surface area contributed by atoms with Gasteiger partial charge in [-0.3, -0.25) is 9.59 Å². The molecule has 0 aliphatic carbocycles. The van der Waals surface area contributed by atoms with E-state index in [1.165, 1.54) is 0 Å². The predicted octanol–water partition coefficient (Wildman–Crippen LogP) is 2.73. The first kappa shape index (κ1) is 10.6. The number of aldehydes is 1. The number of hydrogen-bond donors (Lipinski definition) is 0. The Kier molecular flexibility index (Phi) is 2.84. The number of Topliss-reactive ketones (excluding diaryl/α,β-unsaturated/α-hetero) is 1. The van der Waals surface area contributed by atoms with E-state index in [0.717, 1.165) is 6.29 Å². The molecule has 0 N–H and O–H groups in total. The van der Waals surface area contributed by atoms with Crippen molar-refractivity contribution in [3.05, 3.63) is 35.4 Å². The number of benzene rings is 1. The Morgan fingerprint density at radius 1 is 1.29 bits per heavy atom. The number of carbonyl (C=O) groups is 2. The molecule has 1 aromatic carbocycles. The lowest BCUT2D eigenvalue weighted by atomic mass is 9.86. The summed E-state index contributed by atoms with van der Waals surface area (Å²) in [5.41, 5.74) is 0.740. The van der Waals surface area contributed by atoms with Crippen molar-refractivity contribution in [2.75, 3.05) is 0 Å². The van der Waals surface area contributed by atoms with Gasteiger partial charge in [0, 0.05) is 16.5 Å². The third-order valence-corrected chi connectivity index (χ3v) is 1.97. The molecule has 0 aromatic heterocycles. The van der Waals surface area contributed by atoms with Crippen LogP contribution >= 0.6 is 0 Å². The Hall–Kier alpha value is -1.44. The fourth-order valence-corrected chi connectivity index (χ4v) is 1.19. The van der Waals surface area contributed by atoms with E-state index in [2.05, 4.69) is 0 Å². The van der Waals surface area contributed by atoms with Gasteiger partial charge in [0.15, 0.2) is 5.78 Å². The highest BCUT2D eigenvalue weighted by molar-refractivity contribution is 6.00. The molecule has 0 heterocycles. The smallest absolute Gasteiger partial charge is 0.168 e. The molecular formula is C12H14O2. The highest BCUT2D eigenvalue weighted by atomic mass is 16.1. The summed E-state index contributed by atoms with van der Waals surface area (Å²) < 4.78 is 0. The van der Waals surface area contributed by atoms with Crippen molar-refractivity contribution in [3.8, 4) is 0 Å². The highest BCUT2D eigenvalue weighted by Crippen LogP contribution is 2.20. The van der Waals surface area contributed by atoms with Gasteiger partial charge in [0.2, 0.25) is 0 Å². The van der Waals surface area contributed by atoms with Crippen molar-refractivity contribution >= 4 is 12.1 Å². The second kappa shape index (κ2) is 3.74. The third-order valence-electron chi connectivity index (χ3n) is 1.97. The van der Waals surface area contributed by atoms with Gasteiger partial charge in [0.1, 0.15) is 6.29 Å². The van der Waals surface area contributed by atoms with Gasteiger partial charge >= 0.3 is 0 Å². The van der Waals surface area contributed by atoms with Gasteiger partial charge in [-0.2, -0.15) is 0 Å². The van der Waals surface area contributed by atoms with E-state index < -0.39 is 5.41 Å². The van der Waals surface area contributed by atoms with Crippen LogP contribution in [-0.2, 0) is 0 Å². The van der Waals surface area contributed by atoms with Crippen LogP contribution in [0, 0.1) is 5.41 Å². The number of carbonyl (C=O) groups excluding carboxylic acids is 2. The van der Waals surface area contributed by atoms with E-state index in [1.807, 2.05) is 20.8 Å². The Morgan fingerprint density at radius 3 is 2.43 bits per heavy atom. The summed E-state index contributed by atoms with van der Waals surface area (Å²) in [6.45, 7) is 5.59. The maximum absolute atomic E-state index is 11.8. The van der Waals surface area contributed by atoms with Gasteiger partial charge in [-0.05, 0) is 6.07 Å². The van der Waals surface area contributed by atoms with Crippen LogP contribution in [-0.4, -0.2) is 12.1 Å². The normalized spacial score (nSPS) is 11.1. The zero-order valence-corrected chi connectivity index (χ0v) is 8.70. The first-order chi connectivity index (χ1) is 6.45. The van der Waals surface area contributed by atoms with Crippen LogP contribution < -0.4 is 0 Å². The van der Waals surface area contributed by atoms with Crippen molar-refractivity contribution in [1.82, 2.24) is 0 Å². The lowest BCUT2D eigenvalue weighted by Gasteiger charge is -2.16. The zero-order valence-electron chi connectivity index (χ0n) is 8.70. The van der Waals surface area contributed by atoms with E-state index in [0.29, 0.717) is 11.1 Å². The fraction of sp³-hybridized carbons (Fsp3) is 0.333. The van der Waals surface area contributed by atoms with Gasteiger partial charge in [-0.15, -0.1) is 0 Å². The van der Waals surface area contributed by atoms with Crippen LogP contribution in [0.4, 0.5) is 0 Å². The number of ketones is 1. The summed E-state index contributed by atoms with van der Waals surface area (Å²) in [6, 6.07) is 6.77. The molecule has 2 heteroatoms. The Balaban J connectivity index is 3.08. The number of rotatable bonds is 2. The maximum Gasteiger partial charge on any atom is 0.168 e. The molecular weight excluding hydrogens is 176 g/mol. The maximum atomic E-state index is 11.8. The molecule has 2 nitrogen and oxygen atoms in total. The van der Waals surface area contributed by atoms with Crippen molar-refractivity contribution in [2.24, 2.45) is 5.41 Å². The van der Waals surface area contributed by atoms with Gasteiger partial charge < -0.3 is 0 Å². The molecule has 0 bridgehead atoms. The van der Waals surface area contributed by atoms with Crippen LogP contribution in [0.1, 0.15) is 41.5 Å². The van der Waals surface area contributed by atoms with Gasteiger partial charge in [0.25, 0.3) is 0 Å². The molecule has 1 aromatic rings. The molecule has 74 valence electrons. The highest BCUT2D eigenvalue weighted by Gasteiger charge is 2.22. The average Bonchev–Trinajstić information content (AvgIpc) is 2.15. The molecule has 0 saturated heterocycles. The summed E-state index contributed by atoms with van der Waals surface area (Å²) in [5, 5.41) is 0. The van der Waals surface area contributed by atoms with E-state index in [9.17, 15) is 9.59 Å². The Bertz CT molecular complexity index is 359. The minimum Gasteiger partial charge on any atom is -0.298 e. The van der Waals surface area contributed by atoms with E-state index >= 15 is 0 Å². The molecule has 0 unspecified atom stereocenters. The van der Waals surface area contributed by atoms with Gasteiger partial charge in [0.05, 0.1) is 0 Å². The van der Waals surface area contributed by atoms with E-state index in [1.54, 1.807) is 24.3 Å². The molecule has 1 rings (SSSR count). The Labute approximate surface area is 83.9 Å². The SMILES string of the molecule is CC(C)(C)C(=O)c1cccc(C=O)c1. The largest absolute Gasteiger partial charge is 0.298 e. The topological polar surface area (TPSA) is 34.1 Å². The van der Waals surface area contributed by atoms with Crippen LogP contribution in [0.3, 0.4) is 0 Å². The lowest BCUT2D eigenvalue weighted by Crippen LogP contribution is -2.20. The number of hydrogen-bond acceptors (Lipinski definition) is 2.